The lowest BCUT2D eigenvalue weighted by atomic mass is 9.84. The van der Waals surface area contributed by atoms with Crippen molar-refractivity contribution in [2.45, 2.75) is 45.1 Å². The minimum absolute atomic E-state index is 0.113. The molecule has 2 aliphatic rings. The van der Waals surface area contributed by atoms with Crippen molar-refractivity contribution in [3.63, 3.8) is 0 Å². The fraction of sp³-hybridized carbons (Fsp3) is 0.556. The number of amides is 1. The zero-order valence-electron chi connectivity index (χ0n) is 13.3. The van der Waals surface area contributed by atoms with Crippen LogP contribution in [0.2, 0.25) is 0 Å². The highest BCUT2D eigenvalue weighted by molar-refractivity contribution is 7.14. The minimum atomic E-state index is 0.113. The summed E-state index contributed by atoms with van der Waals surface area (Å²) in [7, 11) is 0. The standard InChI is InChI=1S/C18H22N2OS2/c1-11(16-7-12-2-3-13(16)6-12)19-17(21)8-15-10-23-18(20-15)14-4-5-22-9-14/h4-5,9-13,16H,2-3,6-8H2,1H3,(H,19,21). The number of hydrogen-bond acceptors (Lipinski definition) is 4. The maximum Gasteiger partial charge on any atom is 0.226 e. The quantitative estimate of drug-likeness (QED) is 0.874. The lowest BCUT2D eigenvalue weighted by Crippen LogP contribution is -2.40. The molecule has 122 valence electrons. The van der Waals surface area contributed by atoms with Crippen LogP contribution in [0, 0.1) is 17.8 Å². The van der Waals surface area contributed by atoms with Crippen LogP contribution in [0.3, 0.4) is 0 Å². The van der Waals surface area contributed by atoms with Crippen LogP contribution in [0.4, 0.5) is 0 Å². The SMILES string of the molecule is CC(NC(=O)Cc1csc(-c2ccsc2)n1)C1CC2CCC1C2. The Hall–Kier alpha value is -1.20. The van der Waals surface area contributed by atoms with Gasteiger partial charge < -0.3 is 5.32 Å². The van der Waals surface area contributed by atoms with Crippen molar-refractivity contribution in [3.8, 4) is 10.6 Å². The molecular formula is C18H22N2OS2. The molecule has 1 N–H and O–H groups in total. The Bertz CT molecular complexity index is 679. The third-order valence-electron chi connectivity index (χ3n) is 5.49. The van der Waals surface area contributed by atoms with Gasteiger partial charge in [-0.15, -0.1) is 11.3 Å². The van der Waals surface area contributed by atoms with Crippen molar-refractivity contribution in [3.05, 3.63) is 27.9 Å². The molecule has 2 aromatic rings. The average molecular weight is 347 g/mol. The third-order valence-corrected chi connectivity index (χ3v) is 7.11. The second-order valence-electron chi connectivity index (χ2n) is 7.03. The van der Waals surface area contributed by atoms with E-state index in [1.54, 1.807) is 22.7 Å². The number of thiazole rings is 1. The predicted octanol–water partition coefficient (Wildman–Crippen LogP) is 4.36. The van der Waals surface area contributed by atoms with Crippen molar-refractivity contribution >= 4 is 28.6 Å². The van der Waals surface area contributed by atoms with Crippen LogP contribution in [0.15, 0.2) is 22.2 Å². The number of carbonyl (C=O) groups is 1. The molecule has 0 aromatic carbocycles. The van der Waals surface area contributed by atoms with Gasteiger partial charge in [0, 0.05) is 22.4 Å². The molecule has 2 aromatic heterocycles. The number of aromatic nitrogens is 1. The van der Waals surface area contributed by atoms with Crippen LogP contribution in [0.5, 0.6) is 0 Å². The zero-order valence-corrected chi connectivity index (χ0v) is 15.0. The van der Waals surface area contributed by atoms with Gasteiger partial charge in [-0.1, -0.05) is 6.42 Å². The van der Waals surface area contributed by atoms with Crippen molar-refractivity contribution in [1.82, 2.24) is 10.3 Å². The van der Waals surface area contributed by atoms with Crippen LogP contribution < -0.4 is 5.32 Å². The first-order chi connectivity index (χ1) is 11.2. The molecule has 4 rings (SSSR count). The van der Waals surface area contributed by atoms with Crippen LogP contribution >= 0.6 is 22.7 Å². The Morgan fingerprint density at radius 3 is 3.00 bits per heavy atom. The Labute approximate surface area is 145 Å². The predicted molar refractivity (Wildman–Crippen MR) is 95.7 cm³/mol. The molecule has 2 bridgehead atoms. The number of nitrogens with zero attached hydrogens (tertiary/aromatic N) is 1. The van der Waals surface area contributed by atoms with E-state index in [1.807, 2.05) is 5.38 Å². The van der Waals surface area contributed by atoms with E-state index in [9.17, 15) is 4.79 Å². The number of nitrogens with one attached hydrogen (secondary N) is 1. The van der Waals surface area contributed by atoms with Gasteiger partial charge in [0.15, 0.2) is 0 Å². The van der Waals surface area contributed by atoms with E-state index >= 15 is 0 Å². The summed E-state index contributed by atoms with van der Waals surface area (Å²) < 4.78 is 0. The summed E-state index contributed by atoms with van der Waals surface area (Å²) in [6.45, 7) is 2.18. The van der Waals surface area contributed by atoms with Crippen LogP contribution in [0.25, 0.3) is 10.6 Å². The molecule has 0 radical (unpaired) electrons. The van der Waals surface area contributed by atoms with Crippen LogP contribution in [-0.2, 0) is 11.2 Å². The van der Waals surface area contributed by atoms with Crippen LogP contribution in [0.1, 0.15) is 38.3 Å². The Balaban J connectivity index is 1.33. The van der Waals surface area contributed by atoms with E-state index in [2.05, 4.69) is 34.1 Å². The van der Waals surface area contributed by atoms with Crippen molar-refractivity contribution in [2.24, 2.45) is 17.8 Å². The molecule has 4 unspecified atom stereocenters. The van der Waals surface area contributed by atoms with Gasteiger partial charge in [-0.2, -0.15) is 11.3 Å². The Kier molecular flexibility index (Phi) is 4.24. The minimum Gasteiger partial charge on any atom is -0.353 e. The normalized spacial score (nSPS) is 27.3. The summed E-state index contributed by atoms with van der Waals surface area (Å²) in [5.74, 6) is 2.58. The highest BCUT2D eigenvalue weighted by Crippen LogP contribution is 2.49. The number of hydrogen-bond donors (Lipinski definition) is 1. The average Bonchev–Trinajstić information content (AvgIpc) is 3.30. The highest BCUT2D eigenvalue weighted by Gasteiger charge is 2.42. The van der Waals surface area contributed by atoms with E-state index in [-0.39, 0.29) is 5.91 Å². The molecule has 3 nitrogen and oxygen atoms in total. The molecule has 0 spiro atoms. The first-order valence-electron chi connectivity index (χ1n) is 8.45. The number of fused-ring (bicyclic) bond motifs is 2. The molecule has 2 fully saturated rings. The molecule has 2 aliphatic carbocycles. The maximum atomic E-state index is 12.3. The Morgan fingerprint density at radius 1 is 1.39 bits per heavy atom. The molecule has 2 heterocycles. The van der Waals surface area contributed by atoms with Crippen molar-refractivity contribution in [2.75, 3.05) is 0 Å². The smallest absolute Gasteiger partial charge is 0.226 e. The van der Waals surface area contributed by atoms with E-state index < -0.39 is 0 Å². The van der Waals surface area contributed by atoms with E-state index in [0.29, 0.717) is 18.4 Å². The lowest BCUT2D eigenvalue weighted by Gasteiger charge is -2.28. The zero-order chi connectivity index (χ0) is 15.8. The fourth-order valence-electron chi connectivity index (χ4n) is 4.39. The second-order valence-corrected chi connectivity index (χ2v) is 8.67. The van der Waals surface area contributed by atoms with Gasteiger partial charge in [0.25, 0.3) is 0 Å². The van der Waals surface area contributed by atoms with Crippen LogP contribution in [-0.4, -0.2) is 16.9 Å². The number of carbonyl (C=O) groups excluding carboxylic acids is 1. The summed E-state index contributed by atoms with van der Waals surface area (Å²) in [6.07, 6.45) is 5.87. The molecule has 23 heavy (non-hydrogen) atoms. The van der Waals surface area contributed by atoms with Gasteiger partial charge in [0.2, 0.25) is 5.91 Å². The third kappa shape index (κ3) is 3.22. The second kappa shape index (κ2) is 6.36. The first-order valence-corrected chi connectivity index (χ1v) is 10.3. The molecule has 2 saturated carbocycles. The number of thiophene rings is 1. The topological polar surface area (TPSA) is 42.0 Å². The monoisotopic (exact) mass is 346 g/mol. The molecule has 0 aliphatic heterocycles. The van der Waals surface area contributed by atoms with Gasteiger partial charge >= 0.3 is 0 Å². The van der Waals surface area contributed by atoms with Crippen molar-refractivity contribution < 1.29 is 4.79 Å². The maximum absolute atomic E-state index is 12.3. The van der Waals surface area contributed by atoms with E-state index in [4.69, 9.17) is 0 Å². The molecule has 4 atom stereocenters. The van der Waals surface area contributed by atoms with Crippen molar-refractivity contribution in [1.29, 1.82) is 0 Å². The van der Waals surface area contributed by atoms with Gasteiger partial charge in [-0.05, 0) is 55.4 Å². The molecule has 5 heteroatoms. The lowest BCUT2D eigenvalue weighted by molar-refractivity contribution is -0.121. The summed E-state index contributed by atoms with van der Waals surface area (Å²) in [5, 5.41) is 10.4. The van der Waals surface area contributed by atoms with Gasteiger partial charge in [-0.3, -0.25) is 4.79 Å². The summed E-state index contributed by atoms with van der Waals surface area (Å²) in [4.78, 5) is 16.9. The summed E-state index contributed by atoms with van der Waals surface area (Å²) in [6, 6.07) is 2.37. The van der Waals surface area contributed by atoms with Gasteiger partial charge in [0.05, 0.1) is 12.1 Å². The highest BCUT2D eigenvalue weighted by atomic mass is 32.1. The summed E-state index contributed by atoms with van der Waals surface area (Å²) in [5.41, 5.74) is 2.04. The van der Waals surface area contributed by atoms with E-state index in [0.717, 1.165) is 28.1 Å². The molecular weight excluding hydrogens is 324 g/mol. The molecule has 0 saturated heterocycles. The molecule has 1 amide bonds. The first kappa shape index (κ1) is 15.3. The van der Waals surface area contributed by atoms with E-state index in [1.165, 1.54) is 25.7 Å². The van der Waals surface area contributed by atoms with Gasteiger partial charge in [-0.25, -0.2) is 4.98 Å². The largest absolute Gasteiger partial charge is 0.353 e. The number of rotatable bonds is 5. The summed E-state index contributed by atoms with van der Waals surface area (Å²) >= 11 is 3.29. The van der Waals surface area contributed by atoms with Gasteiger partial charge in [0.1, 0.15) is 5.01 Å². The fourth-order valence-corrected chi connectivity index (χ4v) is 5.92. The Morgan fingerprint density at radius 2 is 2.30 bits per heavy atom.